The van der Waals surface area contributed by atoms with Crippen LogP contribution in [0.2, 0.25) is 0 Å². The van der Waals surface area contributed by atoms with Crippen LogP contribution in [0.3, 0.4) is 0 Å². The smallest absolute Gasteiger partial charge is 0.267 e. The molecule has 0 saturated carbocycles. The fraction of sp³-hybridized carbons (Fsp3) is 0.200. The number of rotatable bonds is 15. The summed E-state index contributed by atoms with van der Waals surface area (Å²) in [5.74, 6) is -2.16. The number of halogens is 1. The van der Waals surface area contributed by atoms with Crippen molar-refractivity contribution in [1.29, 1.82) is 0 Å². The lowest BCUT2D eigenvalue weighted by molar-refractivity contribution is -0.121. The predicted molar refractivity (Wildman–Crippen MR) is 216 cm³/mol. The molecule has 1 heterocycles. The Morgan fingerprint density at radius 3 is 2.07 bits per heavy atom. The normalized spacial score (nSPS) is 13.2. The molecule has 0 bridgehead atoms. The molecule has 2 amide bonds. The van der Waals surface area contributed by atoms with Crippen molar-refractivity contribution in [3.05, 3.63) is 132 Å². The molecule has 0 spiro atoms. The summed E-state index contributed by atoms with van der Waals surface area (Å²) in [5.41, 5.74) is 1.71. The zero-order chi connectivity index (χ0) is 42.7. The Bertz CT molecular complexity index is 2730. The monoisotopic (exact) mass is 866 g/mol. The SMILES string of the molecule is COc1ccc(S(=O)(=O)N(CC(=O)NS(=O)(=O)c2ccc(F)cc2)c2cccc3c2CCN3C(C(=O)NS(=O)(=O)c2ccc(C)cc2OC)c2cccc(OC)c2)cc1. The van der Waals surface area contributed by atoms with Crippen molar-refractivity contribution in [3.8, 4) is 17.2 Å². The van der Waals surface area contributed by atoms with Gasteiger partial charge in [0.1, 0.15) is 40.5 Å². The number of carbonyl (C=O) groups is 2. The molecular weight excluding hydrogens is 828 g/mol. The lowest BCUT2D eigenvalue weighted by Crippen LogP contribution is -2.43. The number of hydrogen-bond acceptors (Lipinski definition) is 12. The number of ether oxygens (including phenoxy) is 3. The number of hydrogen-bond donors (Lipinski definition) is 2. The average molecular weight is 867 g/mol. The molecule has 59 heavy (non-hydrogen) atoms. The van der Waals surface area contributed by atoms with Crippen molar-refractivity contribution in [2.45, 2.75) is 34.1 Å². The van der Waals surface area contributed by atoms with Crippen molar-refractivity contribution < 1.29 is 53.4 Å². The molecule has 0 saturated heterocycles. The van der Waals surface area contributed by atoms with E-state index in [-0.39, 0.29) is 34.2 Å². The van der Waals surface area contributed by atoms with E-state index in [4.69, 9.17) is 14.2 Å². The average Bonchev–Trinajstić information content (AvgIpc) is 3.63. The molecule has 1 aliphatic heterocycles. The van der Waals surface area contributed by atoms with Gasteiger partial charge in [-0.25, -0.2) is 39.1 Å². The van der Waals surface area contributed by atoms with E-state index in [1.807, 2.05) is 4.72 Å². The zero-order valence-corrected chi connectivity index (χ0v) is 34.5. The van der Waals surface area contributed by atoms with Crippen LogP contribution in [0.5, 0.6) is 17.2 Å². The van der Waals surface area contributed by atoms with Gasteiger partial charge in [-0.05, 0) is 109 Å². The van der Waals surface area contributed by atoms with Crippen molar-refractivity contribution in [1.82, 2.24) is 9.44 Å². The molecule has 5 aromatic carbocycles. The molecule has 2 N–H and O–H groups in total. The summed E-state index contributed by atoms with van der Waals surface area (Å²) in [6.45, 7) is 0.792. The Morgan fingerprint density at radius 2 is 1.41 bits per heavy atom. The number of nitrogens with zero attached hydrogens (tertiary/aromatic N) is 2. The Balaban J connectivity index is 1.43. The highest BCUT2D eigenvalue weighted by Crippen LogP contribution is 2.42. The van der Waals surface area contributed by atoms with Crippen LogP contribution in [0.25, 0.3) is 0 Å². The lowest BCUT2D eigenvalue weighted by Gasteiger charge is -2.31. The number of benzene rings is 5. The molecular formula is C40H39FN4O11S3. The molecule has 5 aromatic rings. The number of aryl methyl sites for hydroxylation is 1. The lowest BCUT2D eigenvalue weighted by atomic mass is 10.0. The van der Waals surface area contributed by atoms with Crippen LogP contribution in [0.15, 0.2) is 124 Å². The summed E-state index contributed by atoms with van der Waals surface area (Å²) >= 11 is 0. The van der Waals surface area contributed by atoms with E-state index in [1.54, 1.807) is 48.2 Å². The van der Waals surface area contributed by atoms with Crippen LogP contribution in [-0.4, -0.2) is 71.5 Å². The molecule has 15 nitrogen and oxygen atoms in total. The summed E-state index contributed by atoms with van der Waals surface area (Å²) in [5, 5.41) is 0. The maximum Gasteiger partial charge on any atom is 0.267 e. The van der Waals surface area contributed by atoms with Gasteiger partial charge < -0.3 is 19.1 Å². The second-order valence-corrected chi connectivity index (χ2v) is 18.4. The second kappa shape index (κ2) is 17.0. The molecule has 1 aliphatic rings. The topological polar surface area (TPSA) is 195 Å². The van der Waals surface area contributed by atoms with Gasteiger partial charge >= 0.3 is 0 Å². The minimum absolute atomic E-state index is 0.0167. The third-order valence-corrected chi connectivity index (χ3v) is 14.0. The first-order chi connectivity index (χ1) is 28.0. The van der Waals surface area contributed by atoms with E-state index in [9.17, 15) is 39.2 Å². The highest BCUT2D eigenvalue weighted by molar-refractivity contribution is 7.93. The third-order valence-electron chi connectivity index (χ3n) is 9.43. The van der Waals surface area contributed by atoms with Crippen molar-refractivity contribution in [3.63, 3.8) is 0 Å². The number of carbonyl (C=O) groups excluding carboxylic acids is 2. The summed E-state index contributed by atoms with van der Waals surface area (Å²) < 4.78 is 117. The fourth-order valence-corrected chi connectivity index (χ4v) is 10.2. The van der Waals surface area contributed by atoms with E-state index in [2.05, 4.69) is 4.72 Å². The van der Waals surface area contributed by atoms with Gasteiger partial charge in [-0.3, -0.25) is 13.9 Å². The highest BCUT2D eigenvalue weighted by Gasteiger charge is 2.39. The number of anilines is 2. The second-order valence-electron chi connectivity index (χ2n) is 13.2. The van der Waals surface area contributed by atoms with Gasteiger partial charge in [0.2, 0.25) is 0 Å². The molecule has 1 unspecified atom stereocenters. The number of nitrogens with one attached hydrogen (secondary N) is 2. The Labute approximate surface area is 341 Å². The first-order valence-electron chi connectivity index (χ1n) is 17.7. The summed E-state index contributed by atoms with van der Waals surface area (Å²) in [6.07, 6.45) is 0.0991. The number of amides is 2. The van der Waals surface area contributed by atoms with Gasteiger partial charge in [-0.1, -0.05) is 24.3 Å². The molecule has 0 aromatic heterocycles. The summed E-state index contributed by atoms with van der Waals surface area (Å²) in [7, 11) is -9.58. The van der Waals surface area contributed by atoms with Crippen molar-refractivity contribution in [2.75, 3.05) is 43.6 Å². The Kier molecular flexibility index (Phi) is 12.2. The van der Waals surface area contributed by atoms with Gasteiger partial charge in [0.05, 0.1) is 36.8 Å². The van der Waals surface area contributed by atoms with Gasteiger partial charge in [0, 0.05) is 17.8 Å². The van der Waals surface area contributed by atoms with Crippen LogP contribution < -0.4 is 32.9 Å². The predicted octanol–water partition coefficient (Wildman–Crippen LogP) is 4.47. The van der Waals surface area contributed by atoms with E-state index in [1.165, 1.54) is 69.9 Å². The number of methoxy groups -OCH3 is 3. The fourth-order valence-electron chi connectivity index (χ4n) is 6.63. The van der Waals surface area contributed by atoms with Crippen LogP contribution in [0.1, 0.15) is 22.7 Å². The van der Waals surface area contributed by atoms with Gasteiger partial charge in [0.25, 0.3) is 41.9 Å². The Morgan fingerprint density at radius 1 is 0.746 bits per heavy atom. The van der Waals surface area contributed by atoms with E-state index < -0.39 is 65.2 Å². The third kappa shape index (κ3) is 8.96. The summed E-state index contributed by atoms with van der Waals surface area (Å²) in [6, 6.07) is 23.1. The molecule has 0 aliphatic carbocycles. The van der Waals surface area contributed by atoms with Crippen molar-refractivity contribution in [2.24, 2.45) is 0 Å². The molecule has 1 atom stereocenters. The first kappa shape index (κ1) is 42.4. The molecule has 6 rings (SSSR count). The van der Waals surface area contributed by atoms with E-state index in [0.29, 0.717) is 28.3 Å². The van der Waals surface area contributed by atoms with Crippen LogP contribution >= 0.6 is 0 Å². The van der Waals surface area contributed by atoms with E-state index >= 15 is 0 Å². The minimum Gasteiger partial charge on any atom is -0.497 e. The Hall–Kier alpha value is -6.18. The van der Waals surface area contributed by atoms with Crippen LogP contribution in [0.4, 0.5) is 15.8 Å². The quantitative estimate of drug-likeness (QED) is 0.150. The van der Waals surface area contributed by atoms with Gasteiger partial charge in [-0.15, -0.1) is 0 Å². The molecule has 0 radical (unpaired) electrons. The zero-order valence-electron chi connectivity index (χ0n) is 32.1. The largest absolute Gasteiger partial charge is 0.497 e. The molecule has 310 valence electrons. The maximum atomic E-state index is 14.5. The number of sulfonamides is 3. The highest BCUT2D eigenvalue weighted by atomic mass is 32.2. The first-order valence-corrected chi connectivity index (χ1v) is 22.1. The van der Waals surface area contributed by atoms with Crippen LogP contribution in [-0.2, 0) is 46.1 Å². The number of fused-ring (bicyclic) bond motifs is 1. The van der Waals surface area contributed by atoms with Gasteiger partial charge in [0.15, 0.2) is 0 Å². The standard InChI is InChI=1S/C40H39FN4O11S3/c1-26-11-20-37(36(23-26)56-4)58(50,51)43-40(47)39(27-7-5-8-30(24-27)55-3)44-22-21-33-34(44)9-6-10-35(33)45(59(52,53)32-18-14-29(54-2)15-19-32)25-38(46)42-57(48,49)31-16-12-28(41)13-17-31/h5-20,23-24,39H,21-22,25H2,1-4H3,(H,42,46)(H,43,47). The minimum atomic E-state index is -4.63. The van der Waals surface area contributed by atoms with E-state index in [0.717, 1.165) is 34.1 Å². The molecule has 19 heteroatoms. The molecule has 0 fully saturated rings. The maximum absolute atomic E-state index is 14.5. The van der Waals surface area contributed by atoms with Crippen LogP contribution in [0, 0.1) is 12.7 Å². The van der Waals surface area contributed by atoms with Crippen molar-refractivity contribution >= 4 is 53.3 Å². The van der Waals surface area contributed by atoms with Gasteiger partial charge in [-0.2, -0.15) is 0 Å². The summed E-state index contributed by atoms with van der Waals surface area (Å²) in [4.78, 5) is 28.6.